The monoisotopic (exact) mass is 475 g/mol. The minimum atomic E-state index is -0.382. The van der Waals surface area contributed by atoms with Crippen molar-refractivity contribution < 1.29 is 8.78 Å². The van der Waals surface area contributed by atoms with E-state index in [2.05, 4.69) is 24.3 Å². The highest BCUT2D eigenvalue weighted by Gasteiger charge is 2.24. The summed E-state index contributed by atoms with van der Waals surface area (Å²) in [5, 5.41) is 0. The second-order valence-electron chi connectivity index (χ2n) is 9.05. The fourth-order valence-corrected chi connectivity index (χ4v) is 4.68. The maximum Gasteiger partial charge on any atom is 0.155 e. The van der Waals surface area contributed by atoms with Crippen molar-refractivity contribution >= 4 is 11.4 Å². The first kappa shape index (κ1) is 23.5. The standard InChI is InChI=1S/C33H27F2N/c1-23(2)36(30-16-10-9-15-29(30)34)31-22-21-28(32(33(31)35)27-13-7-4-8-14-27)26-19-17-25(18-20-26)24-11-5-3-6-12-24/h3-23H,1-2H3. The molecule has 0 heterocycles. The molecule has 0 aliphatic heterocycles. The lowest BCUT2D eigenvalue weighted by Crippen LogP contribution is -2.27. The van der Waals surface area contributed by atoms with E-state index >= 15 is 4.39 Å². The first-order valence-corrected chi connectivity index (χ1v) is 12.1. The van der Waals surface area contributed by atoms with Gasteiger partial charge in [-0.15, -0.1) is 0 Å². The van der Waals surface area contributed by atoms with E-state index in [9.17, 15) is 4.39 Å². The number of hydrogen-bond donors (Lipinski definition) is 0. The van der Waals surface area contributed by atoms with Gasteiger partial charge in [0.15, 0.2) is 5.82 Å². The average Bonchev–Trinajstić information content (AvgIpc) is 2.91. The average molecular weight is 476 g/mol. The molecule has 0 N–H and O–H groups in total. The second kappa shape index (κ2) is 10.2. The van der Waals surface area contributed by atoms with Gasteiger partial charge in [-0.1, -0.05) is 103 Å². The van der Waals surface area contributed by atoms with Crippen molar-refractivity contribution in [2.24, 2.45) is 0 Å². The SMILES string of the molecule is CC(C)N(c1ccccc1F)c1ccc(-c2ccc(-c3ccccc3)cc2)c(-c2ccccc2)c1F. The van der Waals surface area contributed by atoms with Gasteiger partial charge in [0, 0.05) is 11.6 Å². The van der Waals surface area contributed by atoms with Crippen LogP contribution in [0.2, 0.25) is 0 Å². The molecule has 0 spiro atoms. The number of nitrogens with zero attached hydrogens (tertiary/aromatic N) is 1. The summed E-state index contributed by atoms with van der Waals surface area (Å²) < 4.78 is 31.3. The van der Waals surface area contributed by atoms with Crippen LogP contribution in [0.5, 0.6) is 0 Å². The van der Waals surface area contributed by atoms with Crippen molar-refractivity contribution in [2.75, 3.05) is 4.90 Å². The molecule has 0 bridgehead atoms. The molecule has 1 nitrogen and oxygen atoms in total. The van der Waals surface area contributed by atoms with Gasteiger partial charge >= 0.3 is 0 Å². The second-order valence-corrected chi connectivity index (χ2v) is 9.05. The largest absolute Gasteiger partial charge is 0.334 e. The summed E-state index contributed by atoms with van der Waals surface area (Å²) in [6.07, 6.45) is 0. The lowest BCUT2D eigenvalue weighted by Gasteiger charge is -2.31. The van der Waals surface area contributed by atoms with Gasteiger partial charge in [0.25, 0.3) is 0 Å². The predicted molar refractivity (Wildman–Crippen MR) is 146 cm³/mol. The zero-order valence-electron chi connectivity index (χ0n) is 20.3. The van der Waals surface area contributed by atoms with Crippen molar-refractivity contribution in [3.05, 3.63) is 133 Å². The van der Waals surface area contributed by atoms with Crippen LogP contribution in [-0.2, 0) is 0 Å². The lowest BCUT2D eigenvalue weighted by atomic mass is 9.92. The molecule has 0 saturated carbocycles. The lowest BCUT2D eigenvalue weighted by molar-refractivity contribution is 0.604. The highest BCUT2D eigenvalue weighted by Crippen LogP contribution is 2.42. The summed E-state index contributed by atoms with van der Waals surface area (Å²) in [6, 6.07) is 37.9. The van der Waals surface area contributed by atoms with E-state index in [-0.39, 0.29) is 17.7 Å². The molecule has 0 aromatic heterocycles. The zero-order chi connectivity index (χ0) is 25.1. The van der Waals surface area contributed by atoms with E-state index in [1.54, 1.807) is 29.2 Å². The molecule has 5 rings (SSSR count). The van der Waals surface area contributed by atoms with Crippen molar-refractivity contribution in [1.29, 1.82) is 0 Å². The molecule has 0 unspecified atom stereocenters. The third-order valence-corrected chi connectivity index (χ3v) is 6.37. The molecule has 0 saturated heterocycles. The van der Waals surface area contributed by atoms with E-state index in [1.807, 2.05) is 80.6 Å². The Balaban J connectivity index is 1.67. The van der Waals surface area contributed by atoms with Crippen LogP contribution in [-0.4, -0.2) is 6.04 Å². The Bertz CT molecular complexity index is 1460. The Morgan fingerprint density at radius 3 is 1.64 bits per heavy atom. The van der Waals surface area contributed by atoms with Gasteiger partial charge < -0.3 is 4.90 Å². The third-order valence-electron chi connectivity index (χ3n) is 6.37. The molecule has 5 aromatic rings. The topological polar surface area (TPSA) is 3.24 Å². The highest BCUT2D eigenvalue weighted by molar-refractivity contribution is 5.88. The van der Waals surface area contributed by atoms with Gasteiger partial charge in [-0.2, -0.15) is 0 Å². The quantitative estimate of drug-likeness (QED) is 0.236. The maximum atomic E-state index is 16.5. The van der Waals surface area contributed by atoms with Crippen molar-refractivity contribution in [2.45, 2.75) is 19.9 Å². The summed E-state index contributed by atoms with van der Waals surface area (Å²) in [5.41, 5.74) is 5.91. The predicted octanol–water partition coefficient (Wildman–Crippen LogP) is 9.51. The molecular weight excluding hydrogens is 448 g/mol. The van der Waals surface area contributed by atoms with E-state index in [1.165, 1.54) is 6.07 Å². The number of hydrogen-bond acceptors (Lipinski definition) is 1. The van der Waals surface area contributed by atoms with Crippen molar-refractivity contribution in [3.63, 3.8) is 0 Å². The summed E-state index contributed by atoms with van der Waals surface area (Å²) in [7, 11) is 0. The smallest absolute Gasteiger partial charge is 0.155 e. The first-order chi connectivity index (χ1) is 17.5. The van der Waals surface area contributed by atoms with Gasteiger partial charge in [0.05, 0.1) is 11.4 Å². The van der Waals surface area contributed by atoms with Crippen LogP contribution in [0.25, 0.3) is 33.4 Å². The molecule has 36 heavy (non-hydrogen) atoms. The van der Waals surface area contributed by atoms with Crippen LogP contribution in [0.15, 0.2) is 121 Å². The molecule has 0 radical (unpaired) electrons. The summed E-state index contributed by atoms with van der Waals surface area (Å²) in [6.45, 7) is 3.87. The molecule has 0 atom stereocenters. The summed E-state index contributed by atoms with van der Waals surface area (Å²) >= 11 is 0. The normalized spacial score (nSPS) is 11.0. The molecule has 0 amide bonds. The van der Waals surface area contributed by atoms with E-state index in [4.69, 9.17) is 0 Å². The summed E-state index contributed by atoms with van der Waals surface area (Å²) in [4.78, 5) is 1.72. The number of rotatable bonds is 6. The third kappa shape index (κ3) is 4.52. The van der Waals surface area contributed by atoms with Crippen molar-refractivity contribution in [3.8, 4) is 33.4 Å². The zero-order valence-corrected chi connectivity index (χ0v) is 20.3. The first-order valence-electron chi connectivity index (χ1n) is 12.1. The van der Waals surface area contributed by atoms with Gasteiger partial charge in [0.1, 0.15) is 5.82 Å². The molecule has 0 fully saturated rings. The molecular formula is C33H27F2N. The Morgan fingerprint density at radius 1 is 0.500 bits per heavy atom. The van der Waals surface area contributed by atoms with Crippen LogP contribution in [0.3, 0.4) is 0 Å². The Morgan fingerprint density at radius 2 is 1.03 bits per heavy atom. The van der Waals surface area contributed by atoms with Crippen LogP contribution < -0.4 is 4.90 Å². The van der Waals surface area contributed by atoms with Crippen LogP contribution in [0.1, 0.15) is 13.8 Å². The minimum Gasteiger partial charge on any atom is -0.334 e. The molecule has 5 aromatic carbocycles. The Hall–Kier alpha value is -4.24. The molecule has 0 aliphatic rings. The van der Waals surface area contributed by atoms with Gasteiger partial charge in [-0.05, 0) is 59.9 Å². The minimum absolute atomic E-state index is 0.156. The number of para-hydroxylation sites is 1. The van der Waals surface area contributed by atoms with Gasteiger partial charge in [-0.25, -0.2) is 8.78 Å². The Labute approximate surface area is 211 Å². The van der Waals surface area contributed by atoms with E-state index < -0.39 is 0 Å². The highest BCUT2D eigenvalue weighted by atomic mass is 19.1. The van der Waals surface area contributed by atoms with E-state index in [0.717, 1.165) is 27.8 Å². The molecule has 0 aliphatic carbocycles. The fourth-order valence-electron chi connectivity index (χ4n) is 4.68. The molecule has 3 heteroatoms. The number of halogens is 2. The van der Waals surface area contributed by atoms with E-state index in [0.29, 0.717) is 16.9 Å². The Kier molecular flexibility index (Phi) is 6.64. The number of anilines is 2. The number of benzene rings is 5. The van der Waals surface area contributed by atoms with Gasteiger partial charge in [0.2, 0.25) is 0 Å². The summed E-state index contributed by atoms with van der Waals surface area (Å²) in [5.74, 6) is -0.754. The maximum absolute atomic E-state index is 16.5. The van der Waals surface area contributed by atoms with Crippen LogP contribution in [0, 0.1) is 11.6 Å². The van der Waals surface area contributed by atoms with Crippen LogP contribution in [0.4, 0.5) is 20.2 Å². The molecule has 178 valence electrons. The van der Waals surface area contributed by atoms with Crippen LogP contribution >= 0.6 is 0 Å². The van der Waals surface area contributed by atoms with Crippen molar-refractivity contribution in [1.82, 2.24) is 0 Å². The van der Waals surface area contributed by atoms with Gasteiger partial charge in [-0.3, -0.25) is 0 Å². The fraction of sp³-hybridized carbons (Fsp3) is 0.0909.